The molecule has 0 saturated heterocycles. The number of halogens is 1. The molecular weight excluding hydrogens is 462 g/mol. The molecule has 1 N–H and O–H groups in total. The molecule has 4 aromatic rings. The quantitative estimate of drug-likeness (QED) is 0.388. The average molecular weight is 480 g/mol. The molecule has 0 atom stereocenters. The van der Waals surface area contributed by atoms with Gasteiger partial charge in [0.05, 0.1) is 5.75 Å². The number of aromatic nitrogens is 4. The average Bonchev–Trinajstić information content (AvgIpc) is 3.19. The Balaban J connectivity index is 1.58. The van der Waals surface area contributed by atoms with E-state index in [1.165, 1.54) is 17.3 Å². The largest absolute Gasteiger partial charge is 0.310 e. The van der Waals surface area contributed by atoms with E-state index in [9.17, 15) is 4.79 Å². The van der Waals surface area contributed by atoms with Crippen molar-refractivity contribution in [3.63, 3.8) is 0 Å². The van der Waals surface area contributed by atoms with Gasteiger partial charge in [0.1, 0.15) is 5.82 Å². The standard InChI is InChI=1S/C22H18BrN5OS/c1-15-7-10-18(11-8-15)28-21(16-5-3-2-4-6-16)26-27-22(28)30-14-20(29)25-19-12-9-17(23)13-24-19/h2-13H,14H2,1H3,(H,24,25,29). The van der Waals surface area contributed by atoms with Crippen molar-refractivity contribution in [2.45, 2.75) is 12.1 Å². The van der Waals surface area contributed by atoms with Crippen molar-refractivity contribution in [2.75, 3.05) is 11.1 Å². The number of pyridine rings is 1. The van der Waals surface area contributed by atoms with E-state index in [1.807, 2.05) is 72.2 Å². The lowest BCUT2D eigenvalue weighted by molar-refractivity contribution is -0.113. The van der Waals surface area contributed by atoms with Gasteiger partial charge in [0.2, 0.25) is 5.91 Å². The van der Waals surface area contributed by atoms with Gasteiger partial charge in [-0.3, -0.25) is 9.36 Å². The summed E-state index contributed by atoms with van der Waals surface area (Å²) in [5, 5.41) is 12.2. The zero-order chi connectivity index (χ0) is 20.9. The Kier molecular flexibility index (Phi) is 6.25. The Morgan fingerprint density at radius 3 is 2.50 bits per heavy atom. The van der Waals surface area contributed by atoms with Crippen LogP contribution in [0.15, 0.2) is 82.6 Å². The molecule has 0 aliphatic rings. The number of carbonyl (C=O) groups excluding carboxylic acids is 1. The van der Waals surface area contributed by atoms with Crippen LogP contribution >= 0.6 is 27.7 Å². The zero-order valence-corrected chi connectivity index (χ0v) is 18.5. The van der Waals surface area contributed by atoms with Crippen LogP contribution in [0.2, 0.25) is 0 Å². The van der Waals surface area contributed by atoms with Gasteiger partial charge >= 0.3 is 0 Å². The molecule has 0 aliphatic heterocycles. The molecule has 6 nitrogen and oxygen atoms in total. The minimum Gasteiger partial charge on any atom is -0.310 e. The number of hydrogen-bond donors (Lipinski definition) is 1. The van der Waals surface area contributed by atoms with Gasteiger partial charge < -0.3 is 5.32 Å². The predicted octanol–water partition coefficient (Wildman–Crippen LogP) is 5.13. The second kappa shape index (κ2) is 9.23. The topological polar surface area (TPSA) is 72.7 Å². The van der Waals surface area contributed by atoms with Crippen molar-refractivity contribution >= 4 is 39.4 Å². The highest BCUT2D eigenvalue weighted by atomic mass is 79.9. The maximum atomic E-state index is 12.4. The molecule has 0 bridgehead atoms. The minimum atomic E-state index is -0.158. The summed E-state index contributed by atoms with van der Waals surface area (Å²) in [6.07, 6.45) is 1.64. The van der Waals surface area contributed by atoms with Gasteiger partial charge in [-0.25, -0.2) is 4.98 Å². The highest BCUT2D eigenvalue weighted by molar-refractivity contribution is 9.10. The Morgan fingerprint density at radius 2 is 1.80 bits per heavy atom. The maximum Gasteiger partial charge on any atom is 0.236 e. The molecule has 2 aromatic carbocycles. The molecule has 150 valence electrons. The monoisotopic (exact) mass is 479 g/mol. The first kappa shape index (κ1) is 20.3. The first-order valence-corrected chi connectivity index (χ1v) is 11.0. The summed E-state index contributed by atoms with van der Waals surface area (Å²) in [7, 11) is 0. The summed E-state index contributed by atoms with van der Waals surface area (Å²) in [5.74, 6) is 1.27. The molecule has 4 rings (SSSR count). The third-order valence-electron chi connectivity index (χ3n) is 4.28. The van der Waals surface area contributed by atoms with Gasteiger partial charge in [0, 0.05) is 21.9 Å². The predicted molar refractivity (Wildman–Crippen MR) is 123 cm³/mol. The van der Waals surface area contributed by atoms with Crippen molar-refractivity contribution < 1.29 is 4.79 Å². The van der Waals surface area contributed by atoms with Crippen LogP contribution in [0.5, 0.6) is 0 Å². The summed E-state index contributed by atoms with van der Waals surface area (Å²) >= 11 is 4.66. The highest BCUT2D eigenvalue weighted by Gasteiger charge is 2.17. The third-order valence-corrected chi connectivity index (χ3v) is 5.68. The molecule has 0 aliphatic carbocycles. The van der Waals surface area contributed by atoms with Crippen LogP contribution < -0.4 is 5.32 Å². The van der Waals surface area contributed by atoms with Crippen molar-refractivity contribution in [1.29, 1.82) is 0 Å². The summed E-state index contributed by atoms with van der Waals surface area (Å²) in [4.78, 5) is 16.6. The second-order valence-corrected chi connectivity index (χ2v) is 8.40. The second-order valence-electron chi connectivity index (χ2n) is 6.54. The van der Waals surface area contributed by atoms with Crippen molar-refractivity contribution in [1.82, 2.24) is 19.7 Å². The van der Waals surface area contributed by atoms with Gasteiger partial charge in [-0.05, 0) is 47.1 Å². The van der Waals surface area contributed by atoms with E-state index in [0.717, 1.165) is 21.5 Å². The summed E-state index contributed by atoms with van der Waals surface area (Å²) in [6.45, 7) is 2.05. The minimum absolute atomic E-state index is 0.158. The van der Waals surface area contributed by atoms with Crippen molar-refractivity contribution in [3.05, 3.63) is 83.0 Å². The van der Waals surface area contributed by atoms with Crippen LogP contribution in [0.25, 0.3) is 17.1 Å². The summed E-state index contributed by atoms with van der Waals surface area (Å²) < 4.78 is 2.83. The number of hydrogen-bond acceptors (Lipinski definition) is 5. The van der Waals surface area contributed by atoms with E-state index in [-0.39, 0.29) is 11.7 Å². The lowest BCUT2D eigenvalue weighted by Crippen LogP contribution is -2.15. The maximum absolute atomic E-state index is 12.4. The number of benzene rings is 2. The smallest absolute Gasteiger partial charge is 0.236 e. The number of aryl methyl sites for hydroxylation is 1. The molecule has 1 amide bonds. The fourth-order valence-corrected chi connectivity index (χ4v) is 3.81. The van der Waals surface area contributed by atoms with Crippen LogP contribution in [-0.4, -0.2) is 31.4 Å². The molecule has 30 heavy (non-hydrogen) atoms. The molecule has 2 heterocycles. The van der Waals surface area contributed by atoms with Crippen molar-refractivity contribution in [3.8, 4) is 17.1 Å². The van der Waals surface area contributed by atoms with Gasteiger partial charge in [-0.15, -0.1) is 10.2 Å². The number of amides is 1. The number of nitrogens with zero attached hydrogens (tertiary/aromatic N) is 4. The van der Waals surface area contributed by atoms with Crippen LogP contribution in [0.4, 0.5) is 5.82 Å². The molecule has 0 saturated carbocycles. The number of rotatable bonds is 6. The van der Waals surface area contributed by atoms with E-state index >= 15 is 0 Å². The Bertz CT molecular complexity index is 1140. The van der Waals surface area contributed by atoms with Crippen LogP contribution in [0.3, 0.4) is 0 Å². The Labute approximate surface area is 186 Å². The summed E-state index contributed by atoms with van der Waals surface area (Å²) in [5.41, 5.74) is 3.08. The summed E-state index contributed by atoms with van der Waals surface area (Å²) in [6, 6.07) is 21.6. The molecule has 0 fully saturated rings. The molecular formula is C22H18BrN5OS. The normalized spacial score (nSPS) is 10.7. The van der Waals surface area contributed by atoms with E-state index in [4.69, 9.17) is 0 Å². The molecule has 0 spiro atoms. The first-order valence-electron chi connectivity index (χ1n) is 9.22. The fourth-order valence-electron chi connectivity index (χ4n) is 2.82. The van der Waals surface area contributed by atoms with Crippen LogP contribution in [-0.2, 0) is 4.79 Å². The van der Waals surface area contributed by atoms with Crippen LogP contribution in [0, 0.1) is 6.92 Å². The van der Waals surface area contributed by atoms with E-state index in [2.05, 4.69) is 36.4 Å². The Hall–Kier alpha value is -2.97. The fraction of sp³-hybridized carbons (Fsp3) is 0.0909. The van der Waals surface area contributed by atoms with E-state index in [1.54, 1.807) is 12.3 Å². The van der Waals surface area contributed by atoms with E-state index < -0.39 is 0 Å². The first-order chi connectivity index (χ1) is 14.6. The molecule has 8 heteroatoms. The zero-order valence-electron chi connectivity index (χ0n) is 16.1. The van der Waals surface area contributed by atoms with Gasteiger partial charge in [0.25, 0.3) is 0 Å². The Morgan fingerprint density at radius 1 is 1.03 bits per heavy atom. The van der Waals surface area contributed by atoms with Crippen molar-refractivity contribution in [2.24, 2.45) is 0 Å². The lowest BCUT2D eigenvalue weighted by atomic mass is 10.2. The van der Waals surface area contributed by atoms with Gasteiger partial charge in [-0.1, -0.05) is 59.8 Å². The highest BCUT2D eigenvalue weighted by Crippen LogP contribution is 2.28. The van der Waals surface area contributed by atoms with Gasteiger partial charge in [0.15, 0.2) is 11.0 Å². The van der Waals surface area contributed by atoms with Gasteiger partial charge in [-0.2, -0.15) is 0 Å². The van der Waals surface area contributed by atoms with Crippen LogP contribution in [0.1, 0.15) is 5.56 Å². The molecule has 0 radical (unpaired) electrons. The lowest BCUT2D eigenvalue weighted by Gasteiger charge is -2.11. The number of thioether (sulfide) groups is 1. The number of nitrogens with one attached hydrogen (secondary N) is 1. The third kappa shape index (κ3) is 4.77. The molecule has 2 aromatic heterocycles. The number of anilines is 1. The SMILES string of the molecule is Cc1ccc(-n2c(SCC(=O)Nc3ccc(Br)cn3)nnc2-c2ccccc2)cc1. The number of carbonyl (C=O) groups is 1. The molecule has 0 unspecified atom stereocenters. The van der Waals surface area contributed by atoms with E-state index in [0.29, 0.717) is 11.0 Å².